The molecule has 4 heteroatoms. The number of piperidine rings is 3. The Morgan fingerprint density at radius 2 is 1.79 bits per heavy atom. The van der Waals surface area contributed by atoms with Crippen LogP contribution in [0, 0.1) is 31.6 Å². The van der Waals surface area contributed by atoms with Gasteiger partial charge in [-0.05, 0) is 75.3 Å². The zero-order valence-electron chi connectivity index (χ0n) is 17.8. The molecule has 6 rings (SSSR count). The number of rotatable bonds is 2. The lowest BCUT2D eigenvalue weighted by molar-refractivity contribution is -0.0550. The highest BCUT2D eigenvalue weighted by Crippen LogP contribution is 2.46. The Kier molecular flexibility index (Phi) is 4.09. The fourth-order valence-corrected chi connectivity index (χ4v) is 6.83. The fourth-order valence-electron chi connectivity index (χ4n) is 6.83. The SMILES string of the molecule is Cc1[nH]c2c(C(=O)N3C[C@@H]4C[C@H](C3)[C@@H]3CCC[C@H](C5CC5)N3C4)cccc2c1C. The van der Waals surface area contributed by atoms with Gasteiger partial charge in [0.25, 0.3) is 5.91 Å². The van der Waals surface area contributed by atoms with E-state index < -0.39 is 0 Å². The topological polar surface area (TPSA) is 39.3 Å². The molecule has 4 nitrogen and oxygen atoms in total. The maximum absolute atomic E-state index is 13.6. The highest BCUT2D eigenvalue weighted by molar-refractivity contribution is 6.06. The van der Waals surface area contributed by atoms with Crippen molar-refractivity contribution in [2.45, 2.75) is 64.5 Å². The van der Waals surface area contributed by atoms with E-state index in [1.165, 1.54) is 61.7 Å². The summed E-state index contributed by atoms with van der Waals surface area (Å²) >= 11 is 0. The number of nitrogens with zero attached hydrogens (tertiary/aromatic N) is 2. The van der Waals surface area contributed by atoms with E-state index in [1.807, 2.05) is 12.1 Å². The Bertz CT molecular complexity index is 958. The first-order chi connectivity index (χ1) is 14.1. The average molecular weight is 392 g/mol. The van der Waals surface area contributed by atoms with Crippen LogP contribution < -0.4 is 0 Å². The molecule has 154 valence electrons. The number of benzene rings is 1. The molecule has 4 atom stereocenters. The van der Waals surface area contributed by atoms with Crippen LogP contribution in [0.5, 0.6) is 0 Å². The van der Waals surface area contributed by atoms with Crippen molar-refractivity contribution in [3.05, 3.63) is 35.0 Å². The maximum Gasteiger partial charge on any atom is 0.256 e. The first kappa shape index (κ1) is 18.0. The van der Waals surface area contributed by atoms with E-state index in [4.69, 9.17) is 0 Å². The lowest BCUT2D eigenvalue weighted by Gasteiger charge is -2.55. The Balaban J connectivity index is 1.27. The molecular formula is C25H33N3O. The minimum absolute atomic E-state index is 0.231. The number of fused-ring (bicyclic) bond motifs is 5. The molecule has 0 radical (unpaired) electrons. The van der Waals surface area contributed by atoms with Gasteiger partial charge < -0.3 is 9.88 Å². The first-order valence-corrected chi connectivity index (χ1v) is 11.7. The van der Waals surface area contributed by atoms with Crippen LogP contribution in [0.15, 0.2) is 18.2 Å². The van der Waals surface area contributed by atoms with Crippen molar-refractivity contribution in [3.63, 3.8) is 0 Å². The summed E-state index contributed by atoms with van der Waals surface area (Å²) in [5.74, 6) is 2.53. The molecule has 0 unspecified atom stereocenters. The minimum atomic E-state index is 0.231. The molecule has 3 aliphatic heterocycles. The second-order valence-corrected chi connectivity index (χ2v) is 10.3. The molecule has 3 saturated heterocycles. The standard InChI is InChI=1S/C25H33N3O/c1-15-16(2)26-24-20(15)5-3-6-21(24)25(29)27-12-17-11-19(14-27)23-8-4-7-22(18-9-10-18)28(23)13-17/h3,5-6,17-19,22-23,26H,4,7-14H2,1-2H3/t17-,19+,22+,23-/m0/s1. The van der Waals surface area contributed by atoms with Gasteiger partial charge in [0.15, 0.2) is 0 Å². The van der Waals surface area contributed by atoms with Crippen molar-refractivity contribution in [1.29, 1.82) is 0 Å². The fraction of sp³-hybridized carbons (Fsp3) is 0.640. The van der Waals surface area contributed by atoms with E-state index in [1.54, 1.807) is 0 Å². The molecule has 1 aromatic carbocycles. The van der Waals surface area contributed by atoms with E-state index in [0.29, 0.717) is 17.9 Å². The predicted molar refractivity (Wildman–Crippen MR) is 116 cm³/mol. The molecule has 0 spiro atoms. The van der Waals surface area contributed by atoms with E-state index in [0.717, 1.165) is 36.1 Å². The molecular weight excluding hydrogens is 358 g/mol. The number of hydrogen-bond donors (Lipinski definition) is 1. The monoisotopic (exact) mass is 391 g/mol. The van der Waals surface area contributed by atoms with E-state index in [2.05, 4.69) is 34.7 Å². The van der Waals surface area contributed by atoms with Crippen LogP contribution in [0.4, 0.5) is 0 Å². The summed E-state index contributed by atoms with van der Waals surface area (Å²) in [4.78, 5) is 22.2. The molecule has 4 heterocycles. The largest absolute Gasteiger partial charge is 0.358 e. The van der Waals surface area contributed by atoms with Gasteiger partial charge in [0, 0.05) is 42.8 Å². The number of carbonyl (C=O) groups is 1. The number of nitrogens with one attached hydrogen (secondary N) is 1. The lowest BCUT2D eigenvalue weighted by Crippen LogP contribution is -2.62. The smallest absolute Gasteiger partial charge is 0.256 e. The zero-order chi connectivity index (χ0) is 19.7. The summed E-state index contributed by atoms with van der Waals surface area (Å²) in [7, 11) is 0. The molecule has 1 amide bonds. The van der Waals surface area contributed by atoms with Gasteiger partial charge in [-0.2, -0.15) is 0 Å². The van der Waals surface area contributed by atoms with Crippen LogP contribution >= 0.6 is 0 Å². The Labute approximate surface area is 173 Å². The first-order valence-electron chi connectivity index (χ1n) is 11.7. The molecule has 1 saturated carbocycles. The van der Waals surface area contributed by atoms with Crippen LogP contribution in [-0.2, 0) is 0 Å². The van der Waals surface area contributed by atoms with Crippen LogP contribution in [0.25, 0.3) is 10.9 Å². The van der Waals surface area contributed by atoms with Gasteiger partial charge in [0.2, 0.25) is 0 Å². The van der Waals surface area contributed by atoms with E-state index in [-0.39, 0.29) is 5.91 Å². The summed E-state index contributed by atoms with van der Waals surface area (Å²) in [5.41, 5.74) is 4.31. The molecule has 1 aliphatic carbocycles. The zero-order valence-corrected chi connectivity index (χ0v) is 17.8. The second kappa shape index (κ2) is 6.60. The van der Waals surface area contributed by atoms with Gasteiger partial charge in [-0.3, -0.25) is 9.69 Å². The van der Waals surface area contributed by atoms with Crippen molar-refractivity contribution < 1.29 is 4.79 Å². The van der Waals surface area contributed by atoms with Gasteiger partial charge in [0.1, 0.15) is 0 Å². The van der Waals surface area contributed by atoms with Crippen molar-refractivity contribution in [3.8, 4) is 0 Å². The molecule has 1 N–H and O–H groups in total. The normalized spacial score (nSPS) is 32.4. The summed E-state index contributed by atoms with van der Waals surface area (Å²) in [6.07, 6.45) is 8.37. The van der Waals surface area contributed by atoms with Crippen LogP contribution in [0.1, 0.15) is 60.1 Å². The third-order valence-corrected chi connectivity index (χ3v) is 8.46. The predicted octanol–water partition coefficient (Wildman–Crippen LogP) is 4.51. The van der Waals surface area contributed by atoms with E-state index >= 15 is 0 Å². The molecule has 2 aromatic rings. The Hall–Kier alpha value is -1.81. The summed E-state index contributed by atoms with van der Waals surface area (Å²) in [5, 5.41) is 1.19. The number of likely N-dealkylation sites (tertiary alicyclic amines) is 1. The van der Waals surface area contributed by atoms with Crippen molar-refractivity contribution in [2.24, 2.45) is 17.8 Å². The lowest BCUT2D eigenvalue weighted by atomic mass is 9.74. The quantitative estimate of drug-likeness (QED) is 0.818. The third-order valence-electron chi connectivity index (χ3n) is 8.46. The van der Waals surface area contributed by atoms with Crippen molar-refractivity contribution in [2.75, 3.05) is 19.6 Å². The number of aryl methyl sites for hydroxylation is 2. The maximum atomic E-state index is 13.6. The van der Waals surface area contributed by atoms with E-state index in [9.17, 15) is 4.79 Å². The minimum Gasteiger partial charge on any atom is -0.358 e. The van der Waals surface area contributed by atoms with Gasteiger partial charge >= 0.3 is 0 Å². The number of hydrogen-bond acceptors (Lipinski definition) is 2. The number of H-pyrrole nitrogens is 1. The average Bonchev–Trinajstić information content (AvgIpc) is 3.53. The molecule has 2 bridgehead atoms. The number of aromatic amines is 1. The third kappa shape index (κ3) is 2.86. The van der Waals surface area contributed by atoms with Crippen molar-refractivity contribution >= 4 is 16.8 Å². The van der Waals surface area contributed by atoms with Crippen LogP contribution in [0.3, 0.4) is 0 Å². The van der Waals surface area contributed by atoms with Gasteiger partial charge in [-0.15, -0.1) is 0 Å². The molecule has 1 aromatic heterocycles. The van der Waals surface area contributed by atoms with Crippen LogP contribution in [-0.4, -0.2) is 52.4 Å². The summed E-state index contributed by atoms with van der Waals surface area (Å²) in [6, 6.07) is 7.75. The highest BCUT2D eigenvalue weighted by Gasteiger charge is 2.48. The summed E-state index contributed by atoms with van der Waals surface area (Å²) < 4.78 is 0. The number of carbonyl (C=O) groups excluding carboxylic acids is 1. The Morgan fingerprint density at radius 3 is 2.59 bits per heavy atom. The van der Waals surface area contributed by atoms with Gasteiger partial charge in [0.05, 0.1) is 11.1 Å². The van der Waals surface area contributed by atoms with Gasteiger partial charge in [-0.1, -0.05) is 18.6 Å². The molecule has 4 fully saturated rings. The second-order valence-electron chi connectivity index (χ2n) is 10.3. The van der Waals surface area contributed by atoms with Crippen LogP contribution in [0.2, 0.25) is 0 Å². The number of amides is 1. The number of para-hydroxylation sites is 1. The molecule has 4 aliphatic rings. The number of aromatic nitrogens is 1. The highest BCUT2D eigenvalue weighted by atomic mass is 16.2. The molecule has 29 heavy (non-hydrogen) atoms. The van der Waals surface area contributed by atoms with Crippen molar-refractivity contribution in [1.82, 2.24) is 14.8 Å². The van der Waals surface area contributed by atoms with Gasteiger partial charge in [-0.25, -0.2) is 0 Å². The summed E-state index contributed by atoms with van der Waals surface area (Å²) in [6.45, 7) is 7.34. The Morgan fingerprint density at radius 1 is 1.00 bits per heavy atom.